The molecule has 5 heteroatoms. The van der Waals surface area contributed by atoms with Gasteiger partial charge in [-0.25, -0.2) is 9.97 Å². The lowest BCUT2D eigenvalue weighted by Gasteiger charge is -2.37. The van der Waals surface area contributed by atoms with Crippen molar-refractivity contribution in [1.82, 2.24) is 9.97 Å². The molecule has 0 aliphatic carbocycles. The maximum absolute atomic E-state index is 10.2. The fourth-order valence-electron chi connectivity index (χ4n) is 2.70. The zero-order valence-corrected chi connectivity index (χ0v) is 12.7. The zero-order valence-electron chi connectivity index (χ0n) is 12.0. The van der Waals surface area contributed by atoms with Crippen LogP contribution in [0.4, 0.5) is 5.82 Å². The third-order valence-electron chi connectivity index (χ3n) is 3.71. The van der Waals surface area contributed by atoms with E-state index < -0.39 is 5.60 Å². The second-order valence-corrected chi connectivity index (χ2v) is 6.15. The normalized spacial score (nSPS) is 22.3. The van der Waals surface area contributed by atoms with E-state index in [-0.39, 0.29) is 0 Å². The van der Waals surface area contributed by atoms with Crippen LogP contribution in [0.1, 0.15) is 19.8 Å². The molecule has 0 bridgehead atoms. The Bertz CT molecular complexity index is 631. The van der Waals surface area contributed by atoms with Crippen LogP contribution in [0.3, 0.4) is 0 Å². The van der Waals surface area contributed by atoms with Crippen LogP contribution in [0, 0.1) is 0 Å². The molecule has 1 aromatic carbocycles. The molecular weight excluding hydrogens is 286 g/mol. The number of piperidine rings is 1. The van der Waals surface area contributed by atoms with E-state index in [4.69, 9.17) is 11.6 Å². The third kappa shape index (κ3) is 3.34. The van der Waals surface area contributed by atoms with E-state index in [1.54, 1.807) is 6.07 Å². The summed E-state index contributed by atoms with van der Waals surface area (Å²) >= 11 is 6.15. The standard InChI is InChI=1S/C16H18ClN3O/c1-16(21)8-5-9-20(11-16)14-10-13(17)18-15(19-14)12-6-3-2-4-7-12/h2-4,6-7,10,21H,5,8-9,11H2,1H3. The summed E-state index contributed by atoms with van der Waals surface area (Å²) in [5.41, 5.74) is 0.257. The summed E-state index contributed by atoms with van der Waals surface area (Å²) in [5.74, 6) is 1.39. The molecule has 4 nitrogen and oxygen atoms in total. The minimum Gasteiger partial charge on any atom is -0.388 e. The minimum atomic E-state index is -0.678. The van der Waals surface area contributed by atoms with Crippen LogP contribution in [-0.4, -0.2) is 33.8 Å². The Morgan fingerprint density at radius 1 is 1.24 bits per heavy atom. The van der Waals surface area contributed by atoms with Crippen molar-refractivity contribution < 1.29 is 5.11 Å². The molecule has 1 aromatic heterocycles. The van der Waals surface area contributed by atoms with Gasteiger partial charge in [0.1, 0.15) is 11.0 Å². The average Bonchev–Trinajstić information content (AvgIpc) is 2.46. The minimum absolute atomic E-state index is 0.420. The van der Waals surface area contributed by atoms with Gasteiger partial charge in [-0.05, 0) is 19.8 Å². The van der Waals surface area contributed by atoms with E-state index in [1.807, 2.05) is 37.3 Å². The summed E-state index contributed by atoms with van der Waals surface area (Å²) in [7, 11) is 0. The predicted octanol–water partition coefficient (Wildman–Crippen LogP) is 3.15. The molecule has 1 unspecified atom stereocenters. The first kappa shape index (κ1) is 14.3. The number of anilines is 1. The van der Waals surface area contributed by atoms with E-state index in [9.17, 15) is 5.11 Å². The van der Waals surface area contributed by atoms with Gasteiger partial charge in [-0.15, -0.1) is 0 Å². The Kier molecular flexibility index (Phi) is 3.83. The lowest BCUT2D eigenvalue weighted by molar-refractivity contribution is 0.0447. The van der Waals surface area contributed by atoms with Gasteiger partial charge in [0.15, 0.2) is 5.82 Å². The van der Waals surface area contributed by atoms with Gasteiger partial charge in [-0.3, -0.25) is 0 Å². The highest BCUT2D eigenvalue weighted by Gasteiger charge is 2.29. The number of benzene rings is 1. The molecule has 0 amide bonds. The Morgan fingerprint density at radius 3 is 2.71 bits per heavy atom. The molecule has 2 aromatic rings. The number of hydrogen-bond acceptors (Lipinski definition) is 4. The van der Waals surface area contributed by atoms with Crippen molar-refractivity contribution in [2.24, 2.45) is 0 Å². The first-order chi connectivity index (χ1) is 10.0. The molecule has 110 valence electrons. The molecule has 3 rings (SSSR count). The number of nitrogens with zero attached hydrogens (tertiary/aromatic N) is 3. The summed E-state index contributed by atoms with van der Waals surface area (Å²) in [6.07, 6.45) is 1.75. The van der Waals surface area contributed by atoms with Crippen LogP contribution >= 0.6 is 11.6 Å². The summed E-state index contributed by atoms with van der Waals surface area (Å²) < 4.78 is 0. The van der Waals surface area contributed by atoms with Crippen LogP contribution < -0.4 is 4.90 Å². The Hall–Kier alpha value is -1.65. The second kappa shape index (κ2) is 5.62. The molecule has 1 atom stereocenters. The molecule has 21 heavy (non-hydrogen) atoms. The van der Waals surface area contributed by atoms with Gasteiger partial charge in [0.25, 0.3) is 0 Å². The van der Waals surface area contributed by atoms with Gasteiger partial charge in [-0.1, -0.05) is 41.9 Å². The van der Waals surface area contributed by atoms with E-state index in [0.29, 0.717) is 17.5 Å². The summed E-state index contributed by atoms with van der Waals surface area (Å²) in [4.78, 5) is 11.0. The van der Waals surface area contributed by atoms with Crippen molar-refractivity contribution in [2.75, 3.05) is 18.0 Å². The van der Waals surface area contributed by atoms with Crippen molar-refractivity contribution in [3.8, 4) is 11.4 Å². The van der Waals surface area contributed by atoms with Crippen LogP contribution in [0.5, 0.6) is 0 Å². The number of hydrogen-bond donors (Lipinski definition) is 1. The Labute approximate surface area is 129 Å². The molecule has 0 radical (unpaired) electrons. The fraction of sp³-hybridized carbons (Fsp3) is 0.375. The number of aromatic nitrogens is 2. The first-order valence-electron chi connectivity index (χ1n) is 7.11. The smallest absolute Gasteiger partial charge is 0.163 e. The zero-order chi connectivity index (χ0) is 14.9. The van der Waals surface area contributed by atoms with Crippen LogP contribution in [0.25, 0.3) is 11.4 Å². The third-order valence-corrected chi connectivity index (χ3v) is 3.91. The van der Waals surface area contributed by atoms with Crippen molar-refractivity contribution in [3.05, 3.63) is 41.6 Å². The second-order valence-electron chi connectivity index (χ2n) is 5.76. The van der Waals surface area contributed by atoms with Gasteiger partial charge in [-0.2, -0.15) is 0 Å². The maximum atomic E-state index is 10.2. The van der Waals surface area contributed by atoms with Crippen molar-refractivity contribution in [2.45, 2.75) is 25.4 Å². The Morgan fingerprint density at radius 2 is 2.00 bits per heavy atom. The average molecular weight is 304 g/mol. The lowest BCUT2D eigenvalue weighted by atomic mass is 9.95. The molecule has 0 saturated carbocycles. The highest BCUT2D eigenvalue weighted by molar-refractivity contribution is 6.29. The number of rotatable bonds is 2. The van der Waals surface area contributed by atoms with Gasteiger partial charge < -0.3 is 10.0 Å². The first-order valence-corrected chi connectivity index (χ1v) is 7.49. The summed E-state index contributed by atoms with van der Waals surface area (Å²) in [6.45, 7) is 3.30. The van der Waals surface area contributed by atoms with Crippen molar-refractivity contribution >= 4 is 17.4 Å². The molecule has 1 saturated heterocycles. The highest BCUT2D eigenvalue weighted by atomic mass is 35.5. The van der Waals surface area contributed by atoms with E-state index in [1.165, 1.54) is 0 Å². The van der Waals surface area contributed by atoms with Crippen LogP contribution in [-0.2, 0) is 0 Å². The number of aliphatic hydroxyl groups is 1. The molecule has 1 aliphatic heterocycles. The van der Waals surface area contributed by atoms with Crippen LogP contribution in [0.2, 0.25) is 5.15 Å². The largest absolute Gasteiger partial charge is 0.388 e. The van der Waals surface area contributed by atoms with Gasteiger partial charge >= 0.3 is 0 Å². The van der Waals surface area contributed by atoms with Gasteiger partial charge in [0.05, 0.1) is 5.60 Å². The quantitative estimate of drug-likeness (QED) is 0.866. The monoisotopic (exact) mass is 303 g/mol. The highest BCUT2D eigenvalue weighted by Crippen LogP contribution is 2.27. The molecule has 1 fully saturated rings. The summed E-state index contributed by atoms with van der Waals surface area (Å²) in [5, 5.41) is 10.7. The molecule has 1 aliphatic rings. The molecule has 1 N–H and O–H groups in total. The fourth-order valence-corrected chi connectivity index (χ4v) is 2.88. The van der Waals surface area contributed by atoms with Gasteiger partial charge in [0, 0.05) is 24.7 Å². The van der Waals surface area contributed by atoms with Gasteiger partial charge in [0.2, 0.25) is 0 Å². The molecule has 0 spiro atoms. The number of halogens is 1. The topological polar surface area (TPSA) is 49.2 Å². The predicted molar refractivity (Wildman–Crippen MR) is 84.5 cm³/mol. The summed E-state index contributed by atoms with van der Waals surface area (Å²) in [6, 6.07) is 11.5. The van der Waals surface area contributed by atoms with E-state index in [0.717, 1.165) is 30.8 Å². The SMILES string of the molecule is CC1(O)CCCN(c2cc(Cl)nc(-c3ccccc3)n2)C1. The van der Waals surface area contributed by atoms with E-state index >= 15 is 0 Å². The lowest BCUT2D eigenvalue weighted by Crippen LogP contribution is -2.46. The molecule has 2 heterocycles. The van der Waals surface area contributed by atoms with Crippen molar-refractivity contribution in [1.29, 1.82) is 0 Å². The van der Waals surface area contributed by atoms with Crippen molar-refractivity contribution in [3.63, 3.8) is 0 Å². The molecular formula is C16H18ClN3O. The Balaban J connectivity index is 1.95. The van der Waals surface area contributed by atoms with Crippen LogP contribution in [0.15, 0.2) is 36.4 Å². The maximum Gasteiger partial charge on any atom is 0.163 e. The van der Waals surface area contributed by atoms with E-state index in [2.05, 4.69) is 14.9 Å². The number of β-amino-alcohol motifs (C(OH)–C–C–N with tert-alkyl or cyclic N) is 1.